The smallest absolute Gasteiger partial charge is 0.243 e. The molecule has 0 saturated heterocycles. The molecule has 0 heterocycles. The SMILES string of the molecule is CCCC(C)N(C)S(=O)(=O)c1ccc(C#CCN)c(F)c1. The predicted molar refractivity (Wildman–Crippen MR) is 81.7 cm³/mol. The molecule has 0 aromatic heterocycles. The highest BCUT2D eigenvalue weighted by Crippen LogP contribution is 2.20. The Morgan fingerprint density at radius 1 is 1.43 bits per heavy atom. The number of nitrogens with two attached hydrogens (primary N) is 1. The molecule has 4 nitrogen and oxygen atoms in total. The van der Waals surface area contributed by atoms with E-state index in [9.17, 15) is 12.8 Å². The summed E-state index contributed by atoms with van der Waals surface area (Å²) in [5.74, 6) is 4.45. The first-order valence-electron chi connectivity index (χ1n) is 6.81. The van der Waals surface area contributed by atoms with Crippen LogP contribution in [0.1, 0.15) is 32.3 Å². The normalized spacial score (nSPS) is 12.9. The summed E-state index contributed by atoms with van der Waals surface area (Å²) in [5.41, 5.74) is 5.37. The predicted octanol–water partition coefficient (Wildman–Crippen LogP) is 1.95. The lowest BCUT2D eigenvalue weighted by atomic mass is 10.2. The summed E-state index contributed by atoms with van der Waals surface area (Å²) < 4.78 is 40.0. The van der Waals surface area contributed by atoms with E-state index < -0.39 is 15.8 Å². The van der Waals surface area contributed by atoms with Gasteiger partial charge in [-0.25, -0.2) is 12.8 Å². The average Bonchev–Trinajstić information content (AvgIpc) is 2.45. The summed E-state index contributed by atoms with van der Waals surface area (Å²) in [6.45, 7) is 3.94. The third-order valence-corrected chi connectivity index (χ3v) is 5.24. The fraction of sp³-hybridized carbons (Fsp3) is 0.467. The van der Waals surface area contributed by atoms with Gasteiger partial charge in [0.1, 0.15) is 5.82 Å². The second-order valence-corrected chi connectivity index (χ2v) is 6.80. The van der Waals surface area contributed by atoms with Crippen molar-refractivity contribution < 1.29 is 12.8 Å². The van der Waals surface area contributed by atoms with Crippen LogP contribution in [0.25, 0.3) is 0 Å². The highest BCUT2D eigenvalue weighted by molar-refractivity contribution is 7.89. The van der Waals surface area contributed by atoms with Crippen LogP contribution in [0.5, 0.6) is 0 Å². The van der Waals surface area contributed by atoms with Crippen LogP contribution in [0.4, 0.5) is 4.39 Å². The number of benzene rings is 1. The Labute approximate surface area is 126 Å². The van der Waals surface area contributed by atoms with Crippen LogP contribution in [0.3, 0.4) is 0 Å². The van der Waals surface area contributed by atoms with Crippen molar-refractivity contribution in [1.29, 1.82) is 0 Å². The van der Waals surface area contributed by atoms with Crippen molar-refractivity contribution in [3.05, 3.63) is 29.6 Å². The number of sulfonamides is 1. The maximum absolute atomic E-state index is 13.9. The molecule has 21 heavy (non-hydrogen) atoms. The Morgan fingerprint density at radius 3 is 2.62 bits per heavy atom. The molecule has 1 rings (SSSR count). The zero-order valence-corrected chi connectivity index (χ0v) is 13.4. The van der Waals surface area contributed by atoms with Crippen molar-refractivity contribution in [2.45, 2.75) is 37.6 Å². The molecule has 116 valence electrons. The van der Waals surface area contributed by atoms with Crippen LogP contribution in [-0.2, 0) is 10.0 Å². The summed E-state index contributed by atoms with van der Waals surface area (Å²) in [7, 11) is -2.19. The van der Waals surface area contributed by atoms with E-state index >= 15 is 0 Å². The third-order valence-electron chi connectivity index (χ3n) is 3.27. The molecule has 0 aliphatic rings. The summed E-state index contributed by atoms with van der Waals surface area (Å²) in [4.78, 5) is -0.0660. The molecule has 0 saturated carbocycles. The zero-order valence-electron chi connectivity index (χ0n) is 12.6. The third kappa shape index (κ3) is 4.27. The topological polar surface area (TPSA) is 63.4 Å². The van der Waals surface area contributed by atoms with Gasteiger partial charge in [0.15, 0.2) is 0 Å². The van der Waals surface area contributed by atoms with Gasteiger partial charge >= 0.3 is 0 Å². The van der Waals surface area contributed by atoms with Crippen LogP contribution >= 0.6 is 0 Å². The van der Waals surface area contributed by atoms with E-state index in [1.165, 1.54) is 23.5 Å². The van der Waals surface area contributed by atoms with Gasteiger partial charge in [-0.05, 0) is 31.5 Å². The molecule has 1 aromatic carbocycles. The van der Waals surface area contributed by atoms with Crippen molar-refractivity contribution in [3.63, 3.8) is 0 Å². The fourth-order valence-electron chi connectivity index (χ4n) is 1.91. The van der Waals surface area contributed by atoms with Crippen molar-refractivity contribution in [3.8, 4) is 11.8 Å². The summed E-state index contributed by atoms with van der Waals surface area (Å²) in [6, 6.07) is 3.60. The van der Waals surface area contributed by atoms with E-state index in [2.05, 4.69) is 11.8 Å². The minimum atomic E-state index is -3.70. The molecular weight excluding hydrogens is 291 g/mol. The van der Waals surface area contributed by atoms with Crippen molar-refractivity contribution >= 4 is 10.0 Å². The highest BCUT2D eigenvalue weighted by Gasteiger charge is 2.25. The molecule has 0 amide bonds. The van der Waals surface area contributed by atoms with Gasteiger partial charge in [0.25, 0.3) is 0 Å². The van der Waals surface area contributed by atoms with E-state index in [1.54, 1.807) is 0 Å². The molecule has 0 fully saturated rings. The summed E-state index contributed by atoms with van der Waals surface area (Å²) >= 11 is 0. The van der Waals surface area contributed by atoms with E-state index in [0.29, 0.717) is 0 Å². The quantitative estimate of drug-likeness (QED) is 0.845. The number of hydrogen-bond donors (Lipinski definition) is 1. The number of rotatable bonds is 5. The van der Waals surface area contributed by atoms with Crippen LogP contribution < -0.4 is 5.73 Å². The zero-order chi connectivity index (χ0) is 16.0. The summed E-state index contributed by atoms with van der Waals surface area (Å²) in [5, 5.41) is 0. The monoisotopic (exact) mass is 312 g/mol. The first kappa shape index (κ1) is 17.6. The van der Waals surface area contributed by atoms with Gasteiger partial charge in [0, 0.05) is 13.1 Å². The van der Waals surface area contributed by atoms with Crippen molar-refractivity contribution in [2.24, 2.45) is 5.73 Å². The average molecular weight is 312 g/mol. The lowest BCUT2D eigenvalue weighted by Crippen LogP contribution is -2.35. The molecule has 0 aliphatic heterocycles. The van der Waals surface area contributed by atoms with Gasteiger partial charge in [-0.2, -0.15) is 4.31 Å². The Morgan fingerprint density at radius 2 is 2.10 bits per heavy atom. The second kappa shape index (κ2) is 7.55. The van der Waals surface area contributed by atoms with E-state index in [1.807, 2.05) is 13.8 Å². The molecule has 1 aromatic rings. The number of hydrogen-bond acceptors (Lipinski definition) is 3. The number of halogens is 1. The Kier molecular flexibility index (Phi) is 6.34. The van der Waals surface area contributed by atoms with Crippen LogP contribution in [-0.4, -0.2) is 32.4 Å². The van der Waals surface area contributed by atoms with Crippen molar-refractivity contribution in [2.75, 3.05) is 13.6 Å². The van der Waals surface area contributed by atoms with Crippen LogP contribution in [0, 0.1) is 17.7 Å². The molecular formula is C15H21FN2O2S. The molecule has 0 bridgehead atoms. The van der Waals surface area contributed by atoms with Crippen LogP contribution in [0.2, 0.25) is 0 Å². The minimum Gasteiger partial charge on any atom is -0.320 e. The number of nitrogens with zero attached hydrogens (tertiary/aromatic N) is 1. The van der Waals surface area contributed by atoms with Gasteiger partial charge in [0.05, 0.1) is 17.0 Å². The molecule has 2 N–H and O–H groups in total. The largest absolute Gasteiger partial charge is 0.320 e. The van der Waals surface area contributed by atoms with Crippen molar-refractivity contribution in [1.82, 2.24) is 4.31 Å². The van der Waals surface area contributed by atoms with Crippen LogP contribution in [0.15, 0.2) is 23.1 Å². The van der Waals surface area contributed by atoms with E-state index in [0.717, 1.165) is 18.9 Å². The standard InChI is InChI=1S/C15H21FN2O2S/c1-4-6-12(2)18(3)21(19,20)14-9-8-13(7-5-10-17)15(16)11-14/h8-9,11-12H,4,6,10,17H2,1-3H3. The van der Waals surface area contributed by atoms with Gasteiger partial charge in [0.2, 0.25) is 10.0 Å². The molecule has 1 unspecified atom stereocenters. The lowest BCUT2D eigenvalue weighted by molar-refractivity contribution is 0.368. The van der Waals surface area contributed by atoms with Gasteiger partial charge in [-0.15, -0.1) is 0 Å². The Hall–Kier alpha value is -1.42. The first-order chi connectivity index (χ1) is 9.84. The van der Waals surface area contributed by atoms with Gasteiger partial charge in [-0.3, -0.25) is 0 Å². The Bertz CT molecular complexity index is 647. The van der Waals surface area contributed by atoms with E-state index in [4.69, 9.17) is 5.73 Å². The van der Waals surface area contributed by atoms with Gasteiger partial charge in [-0.1, -0.05) is 25.2 Å². The molecule has 0 radical (unpaired) electrons. The lowest BCUT2D eigenvalue weighted by Gasteiger charge is -2.24. The summed E-state index contributed by atoms with van der Waals surface area (Å²) in [6.07, 6.45) is 1.63. The minimum absolute atomic E-state index is 0.0660. The first-order valence-corrected chi connectivity index (χ1v) is 8.25. The fourth-order valence-corrected chi connectivity index (χ4v) is 3.31. The maximum Gasteiger partial charge on any atom is 0.243 e. The highest BCUT2D eigenvalue weighted by atomic mass is 32.2. The Balaban J connectivity index is 3.12. The molecule has 0 spiro atoms. The maximum atomic E-state index is 13.9. The second-order valence-electron chi connectivity index (χ2n) is 4.81. The van der Waals surface area contributed by atoms with Gasteiger partial charge < -0.3 is 5.73 Å². The molecule has 6 heteroatoms. The molecule has 0 aliphatic carbocycles. The van der Waals surface area contributed by atoms with E-state index in [-0.39, 0.29) is 23.0 Å². The molecule has 1 atom stereocenters.